The van der Waals surface area contributed by atoms with E-state index in [1.54, 1.807) is 13.2 Å². The molecule has 6 heteroatoms. The fourth-order valence-corrected chi connectivity index (χ4v) is 3.31. The first kappa shape index (κ1) is 20.7. The van der Waals surface area contributed by atoms with Gasteiger partial charge in [-0.2, -0.15) is 0 Å². The van der Waals surface area contributed by atoms with Gasteiger partial charge in [-0.25, -0.2) is 4.79 Å². The summed E-state index contributed by atoms with van der Waals surface area (Å²) >= 11 is 0. The molecule has 0 aliphatic carbocycles. The molecule has 0 saturated heterocycles. The van der Waals surface area contributed by atoms with Gasteiger partial charge in [-0.3, -0.25) is 0 Å². The number of carbonyl (C=O) groups is 1. The van der Waals surface area contributed by atoms with Crippen LogP contribution in [0.2, 0.25) is 0 Å². The van der Waals surface area contributed by atoms with Crippen LogP contribution in [-0.2, 0) is 29.0 Å². The summed E-state index contributed by atoms with van der Waals surface area (Å²) in [4.78, 5) is 12.1. The van der Waals surface area contributed by atoms with Gasteiger partial charge in [-0.05, 0) is 29.2 Å². The van der Waals surface area contributed by atoms with Crippen LogP contribution in [0.15, 0.2) is 48.5 Å². The number of aryl methyl sites for hydroxylation is 1. The predicted molar refractivity (Wildman–Crippen MR) is 112 cm³/mol. The van der Waals surface area contributed by atoms with Crippen molar-refractivity contribution in [2.75, 3.05) is 14.2 Å². The number of rotatable bonds is 9. The molecule has 0 saturated carbocycles. The number of nitrogens with zero attached hydrogens (tertiary/aromatic N) is 3. The topological polar surface area (TPSA) is 66.2 Å². The van der Waals surface area contributed by atoms with Crippen molar-refractivity contribution in [3.63, 3.8) is 0 Å². The summed E-state index contributed by atoms with van der Waals surface area (Å²) < 4.78 is 12.3. The van der Waals surface area contributed by atoms with E-state index in [0.717, 1.165) is 47.6 Å². The molecule has 0 atom stereocenters. The second-order valence-electron chi connectivity index (χ2n) is 6.89. The fourth-order valence-electron chi connectivity index (χ4n) is 3.31. The second kappa shape index (κ2) is 9.98. The number of esters is 1. The van der Waals surface area contributed by atoms with E-state index < -0.39 is 0 Å². The third kappa shape index (κ3) is 4.90. The van der Waals surface area contributed by atoms with E-state index in [9.17, 15) is 4.79 Å². The van der Waals surface area contributed by atoms with Crippen molar-refractivity contribution < 1.29 is 14.3 Å². The Labute approximate surface area is 171 Å². The summed E-state index contributed by atoms with van der Waals surface area (Å²) in [5, 5.41) is 8.65. The minimum atomic E-state index is -0.334. The maximum atomic E-state index is 12.1. The SMILES string of the molecule is CCCCc1nnc(COC)n1Cc1ccc(-c2ccccc2C(=O)OC)cc1. The fraction of sp³-hybridized carbons (Fsp3) is 0.348. The largest absolute Gasteiger partial charge is 0.465 e. The zero-order valence-electron chi connectivity index (χ0n) is 17.2. The zero-order chi connectivity index (χ0) is 20.6. The van der Waals surface area contributed by atoms with Crippen molar-refractivity contribution in [2.45, 2.75) is 39.3 Å². The molecule has 0 spiro atoms. The number of hydrogen-bond donors (Lipinski definition) is 0. The Balaban J connectivity index is 1.85. The number of aromatic nitrogens is 3. The smallest absolute Gasteiger partial charge is 0.338 e. The molecule has 3 aromatic rings. The van der Waals surface area contributed by atoms with Crippen LogP contribution >= 0.6 is 0 Å². The van der Waals surface area contributed by atoms with Crippen LogP contribution in [-0.4, -0.2) is 35.0 Å². The summed E-state index contributed by atoms with van der Waals surface area (Å²) in [6.45, 7) is 3.29. The standard InChI is InChI=1S/C23H27N3O3/c1-4-5-10-21-24-25-22(16-28-2)26(21)15-17-11-13-18(14-12-17)19-8-6-7-9-20(19)23(27)29-3/h6-9,11-14H,4-5,10,15-16H2,1-3H3. The highest BCUT2D eigenvalue weighted by Gasteiger charge is 2.14. The van der Waals surface area contributed by atoms with Gasteiger partial charge < -0.3 is 14.0 Å². The maximum absolute atomic E-state index is 12.1. The molecule has 0 unspecified atom stereocenters. The molecule has 0 bridgehead atoms. The number of benzene rings is 2. The number of ether oxygens (including phenoxy) is 2. The molecule has 2 aromatic carbocycles. The Morgan fingerprint density at radius 2 is 1.72 bits per heavy atom. The Morgan fingerprint density at radius 3 is 2.41 bits per heavy atom. The van der Waals surface area contributed by atoms with E-state index in [2.05, 4.69) is 33.8 Å². The summed E-state index contributed by atoms with van der Waals surface area (Å²) in [6, 6.07) is 15.7. The molecule has 0 radical (unpaired) electrons. The van der Waals surface area contributed by atoms with Gasteiger partial charge in [-0.15, -0.1) is 10.2 Å². The average Bonchev–Trinajstić information content (AvgIpc) is 3.13. The summed E-state index contributed by atoms with van der Waals surface area (Å²) in [5.74, 6) is 1.48. The molecule has 0 amide bonds. The Hall–Kier alpha value is -2.99. The van der Waals surface area contributed by atoms with E-state index in [-0.39, 0.29) is 5.97 Å². The van der Waals surface area contributed by atoms with E-state index in [0.29, 0.717) is 18.7 Å². The lowest BCUT2D eigenvalue weighted by Crippen LogP contribution is -2.10. The lowest BCUT2D eigenvalue weighted by Gasteiger charge is -2.12. The summed E-state index contributed by atoms with van der Waals surface area (Å²) in [5.41, 5.74) is 3.53. The van der Waals surface area contributed by atoms with Crippen LogP contribution in [0.5, 0.6) is 0 Å². The van der Waals surface area contributed by atoms with Crippen LogP contribution in [0.4, 0.5) is 0 Å². The first-order valence-electron chi connectivity index (χ1n) is 9.84. The Bertz CT molecular complexity index is 948. The normalized spacial score (nSPS) is 10.9. The second-order valence-corrected chi connectivity index (χ2v) is 6.89. The quantitative estimate of drug-likeness (QED) is 0.508. The molecule has 1 aromatic heterocycles. The third-order valence-corrected chi connectivity index (χ3v) is 4.87. The van der Waals surface area contributed by atoms with Crippen LogP contribution < -0.4 is 0 Å². The van der Waals surface area contributed by atoms with Gasteiger partial charge in [-0.1, -0.05) is 55.8 Å². The first-order chi connectivity index (χ1) is 14.2. The van der Waals surface area contributed by atoms with Crippen molar-refractivity contribution in [1.82, 2.24) is 14.8 Å². The maximum Gasteiger partial charge on any atom is 0.338 e. The molecule has 29 heavy (non-hydrogen) atoms. The van der Waals surface area contributed by atoms with Gasteiger partial charge >= 0.3 is 5.97 Å². The molecule has 3 rings (SSSR count). The van der Waals surface area contributed by atoms with E-state index in [1.807, 2.05) is 30.3 Å². The predicted octanol–water partition coefficient (Wildman–Crippen LogP) is 4.27. The number of carbonyl (C=O) groups excluding carboxylic acids is 1. The first-order valence-corrected chi connectivity index (χ1v) is 9.84. The van der Waals surface area contributed by atoms with Crippen LogP contribution in [0.25, 0.3) is 11.1 Å². The molecule has 152 valence electrons. The van der Waals surface area contributed by atoms with Crippen molar-refractivity contribution in [1.29, 1.82) is 0 Å². The lowest BCUT2D eigenvalue weighted by atomic mass is 9.98. The van der Waals surface area contributed by atoms with Crippen molar-refractivity contribution in [3.05, 3.63) is 71.3 Å². The van der Waals surface area contributed by atoms with Crippen LogP contribution in [0, 0.1) is 0 Å². The van der Waals surface area contributed by atoms with Gasteiger partial charge in [0.25, 0.3) is 0 Å². The van der Waals surface area contributed by atoms with Gasteiger partial charge in [0.05, 0.1) is 19.2 Å². The molecule has 0 aliphatic rings. The number of unbranched alkanes of at least 4 members (excludes halogenated alkanes) is 1. The monoisotopic (exact) mass is 393 g/mol. The summed E-state index contributed by atoms with van der Waals surface area (Å²) in [7, 11) is 3.06. The number of hydrogen-bond acceptors (Lipinski definition) is 5. The summed E-state index contributed by atoms with van der Waals surface area (Å²) in [6.07, 6.45) is 3.09. The molecule has 1 heterocycles. The van der Waals surface area contributed by atoms with Gasteiger partial charge in [0, 0.05) is 13.5 Å². The molecular weight excluding hydrogens is 366 g/mol. The van der Waals surface area contributed by atoms with E-state index in [1.165, 1.54) is 7.11 Å². The van der Waals surface area contributed by atoms with Crippen molar-refractivity contribution >= 4 is 5.97 Å². The molecule has 6 nitrogen and oxygen atoms in total. The Kier molecular flexibility index (Phi) is 7.14. The van der Waals surface area contributed by atoms with Gasteiger partial charge in [0.2, 0.25) is 0 Å². The number of methoxy groups -OCH3 is 2. The van der Waals surface area contributed by atoms with Crippen LogP contribution in [0.1, 0.15) is 47.3 Å². The molecule has 0 N–H and O–H groups in total. The van der Waals surface area contributed by atoms with Crippen LogP contribution in [0.3, 0.4) is 0 Å². The average molecular weight is 393 g/mol. The van der Waals surface area contributed by atoms with Crippen molar-refractivity contribution in [3.8, 4) is 11.1 Å². The third-order valence-electron chi connectivity index (χ3n) is 4.87. The van der Waals surface area contributed by atoms with E-state index >= 15 is 0 Å². The van der Waals surface area contributed by atoms with Crippen molar-refractivity contribution in [2.24, 2.45) is 0 Å². The Morgan fingerprint density at radius 1 is 1.00 bits per heavy atom. The minimum absolute atomic E-state index is 0.334. The highest BCUT2D eigenvalue weighted by atomic mass is 16.5. The van der Waals surface area contributed by atoms with E-state index in [4.69, 9.17) is 9.47 Å². The lowest BCUT2D eigenvalue weighted by molar-refractivity contribution is 0.0601. The highest BCUT2D eigenvalue weighted by molar-refractivity contribution is 5.97. The van der Waals surface area contributed by atoms with Gasteiger partial charge in [0.1, 0.15) is 12.4 Å². The van der Waals surface area contributed by atoms with Gasteiger partial charge in [0.15, 0.2) is 5.82 Å². The molecular formula is C23H27N3O3. The zero-order valence-corrected chi connectivity index (χ0v) is 17.2. The highest BCUT2D eigenvalue weighted by Crippen LogP contribution is 2.25. The molecule has 0 fully saturated rings. The minimum Gasteiger partial charge on any atom is -0.465 e. The molecule has 0 aliphatic heterocycles.